The number of rotatable bonds is 4. The zero-order valence-corrected chi connectivity index (χ0v) is 16.5. The summed E-state index contributed by atoms with van der Waals surface area (Å²) >= 11 is 0. The van der Waals surface area contributed by atoms with Crippen LogP contribution in [-0.4, -0.2) is 20.4 Å². The predicted molar refractivity (Wildman–Crippen MR) is 110 cm³/mol. The summed E-state index contributed by atoms with van der Waals surface area (Å²) < 4.78 is 41.9. The second-order valence-corrected chi connectivity index (χ2v) is 8.76. The highest BCUT2D eigenvalue weighted by Gasteiger charge is 2.36. The summed E-state index contributed by atoms with van der Waals surface area (Å²) in [5, 5.41) is 2.48. The first-order valence-electron chi connectivity index (χ1n) is 9.16. The molecule has 29 heavy (non-hydrogen) atoms. The van der Waals surface area contributed by atoms with Crippen molar-refractivity contribution in [3.8, 4) is 0 Å². The van der Waals surface area contributed by atoms with Crippen LogP contribution in [0, 0.1) is 5.82 Å². The molecule has 0 radical (unpaired) electrons. The number of para-hydroxylation sites is 2. The molecule has 5 nitrogen and oxygen atoms in total. The van der Waals surface area contributed by atoms with Crippen molar-refractivity contribution in [2.45, 2.75) is 24.3 Å². The Labute approximate surface area is 168 Å². The van der Waals surface area contributed by atoms with Gasteiger partial charge in [-0.05, 0) is 55.3 Å². The summed E-state index contributed by atoms with van der Waals surface area (Å²) in [6.45, 7) is 1.85. The van der Waals surface area contributed by atoms with E-state index in [0.29, 0.717) is 12.1 Å². The molecule has 3 aromatic rings. The average Bonchev–Trinajstić information content (AvgIpc) is 3.06. The van der Waals surface area contributed by atoms with E-state index < -0.39 is 21.7 Å². The Morgan fingerprint density at radius 2 is 1.76 bits per heavy atom. The summed E-state index contributed by atoms with van der Waals surface area (Å²) in [7, 11) is -3.86. The van der Waals surface area contributed by atoms with E-state index in [4.69, 9.17) is 0 Å². The Morgan fingerprint density at radius 1 is 1.03 bits per heavy atom. The maximum Gasteiger partial charge on any atom is 0.264 e. The number of hydrogen-bond donors (Lipinski definition) is 1. The summed E-state index contributed by atoms with van der Waals surface area (Å²) in [5.74, 6) is -1.14. The van der Waals surface area contributed by atoms with Crippen LogP contribution in [0.3, 0.4) is 0 Å². The molecule has 0 fully saturated rings. The molecular formula is C22H19FN2O3S. The lowest BCUT2D eigenvalue weighted by molar-refractivity contribution is 0.102. The van der Waals surface area contributed by atoms with Gasteiger partial charge in [0.05, 0.1) is 16.3 Å². The molecule has 0 saturated heterocycles. The Balaban J connectivity index is 1.66. The molecule has 1 aliphatic heterocycles. The molecule has 1 atom stereocenters. The van der Waals surface area contributed by atoms with E-state index in [1.54, 1.807) is 18.2 Å². The van der Waals surface area contributed by atoms with Crippen molar-refractivity contribution in [1.29, 1.82) is 0 Å². The number of hydrogen-bond acceptors (Lipinski definition) is 3. The predicted octanol–water partition coefficient (Wildman–Crippen LogP) is 4.22. The monoisotopic (exact) mass is 410 g/mol. The van der Waals surface area contributed by atoms with Crippen LogP contribution in [0.1, 0.15) is 22.8 Å². The summed E-state index contributed by atoms with van der Waals surface area (Å²) in [5.41, 5.74) is 1.79. The number of nitrogens with zero attached hydrogens (tertiary/aromatic N) is 1. The first-order chi connectivity index (χ1) is 13.9. The minimum Gasteiger partial charge on any atom is -0.319 e. The standard InChI is InChI=1S/C22H19FN2O3S/c1-15-13-16-7-2-5-12-21(16)25(15)29(27,28)18-9-6-8-17(14-18)22(26)24-20-11-4-3-10-19(20)23/h2-12,14-15H,13H2,1H3,(H,24,26). The average molecular weight is 410 g/mol. The molecule has 3 aromatic carbocycles. The van der Waals surface area contributed by atoms with Crippen LogP contribution >= 0.6 is 0 Å². The highest BCUT2D eigenvalue weighted by atomic mass is 32.2. The van der Waals surface area contributed by atoms with Crippen LogP contribution in [0.25, 0.3) is 0 Å². The lowest BCUT2D eigenvalue weighted by Gasteiger charge is -2.24. The number of anilines is 2. The van der Waals surface area contributed by atoms with Crippen LogP contribution in [0.2, 0.25) is 0 Å². The Bertz CT molecular complexity index is 1190. The highest BCUT2D eigenvalue weighted by Crippen LogP contribution is 2.36. The zero-order valence-electron chi connectivity index (χ0n) is 15.7. The molecule has 1 aliphatic rings. The van der Waals surface area contributed by atoms with Crippen LogP contribution < -0.4 is 9.62 Å². The number of fused-ring (bicyclic) bond motifs is 1. The molecule has 1 N–H and O–H groups in total. The van der Waals surface area contributed by atoms with E-state index in [2.05, 4.69) is 5.32 Å². The molecule has 0 spiro atoms. The Kier molecular flexibility index (Phi) is 4.84. The lowest BCUT2D eigenvalue weighted by Crippen LogP contribution is -2.35. The van der Waals surface area contributed by atoms with Crippen molar-refractivity contribution in [3.05, 3.63) is 89.7 Å². The molecule has 0 aromatic heterocycles. The first-order valence-corrected chi connectivity index (χ1v) is 10.6. The van der Waals surface area contributed by atoms with Gasteiger partial charge in [0.25, 0.3) is 15.9 Å². The highest BCUT2D eigenvalue weighted by molar-refractivity contribution is 7.92. The van der Waals surface area contributed by atoms with Gasteiger partial charge >= 0.3 is 0 Å². The van der Waals surface area contributed by atoms with Crippen molar-refractivity contribution in [2.75, 3.05) is 9.62 Å². The molecule has 148 valence electrons. The number of nitrogens with one attached hydrogen (secondary N) is 1. The summed E-state index contributed by atoms with van der Waals surface area (Å²) in [6, 6.07) is 18.7. The molecule has 4 rings (SSSR count). The second-order valence-electron chi connectivity index (χ2n) is 6.94. The van der Waals surface area contributed by atoms with Crippen LogP contribution in [-0.2, 0) is 16.4 Å². The van der Waals surface area contributed by atoms with E-state index in [1.807, 2.05) is 19.1 Å². The maximum atomic E-state index is 13.8. The SMILES string of the molecule is CC1Cc2ccccc2N1S(=O)(=O)c1cccc(C(=O)Nc2ccccc2F)c1. The number of carbonyl (C=O) groups excluding carboxylic acids is 1. The van der Waals surface area contributed by atoms with E-state index in [-0.39, 0.29) is 22.2 Å². The molecular weight excluding hydrogens is 391 g/mol. The fourth-order valence-electron chi connectivity index (χ4n) is 3.57. The summed E-state index contributed by atoms with van der Waals surface area (Å²) in [4.78, 5) is 12.6. The molecule has 7 heteroatoms. The fourth-order valence-corrected chi connectivity index (χ4v) is 5.31. The molecule has 0 bridgehead atoms. The molecule has 0 aliphatic carbocycles. The van der Waals surface area contributed by atoms with Crippen molar-refractivity contribution in [1.82, 2.24) is 0 Å². The number of carbonyl (C=O) groups is 1. The van der Waals surface area contributed by atoms with E-state index in [0.717, 1.165) is 5.56 Å². The third-order valence-corrected chi connectivity index (χ3v) is 6.84. The number of amides is 1. The van der Waals surface area contributed by atoms with Crippen LogP contribution in [0.5, 0.6) is 0 Å². The van der Waals surface area contributed by atoms with Gasteiger partial charge in [-0.3, -0.25) is 9.10 Å². The second kappa shape index (κ2) is 7.33. The minimum absolute atomic E-state index is 0.0160. The third kappa shape index (κ3) is 3.49. The van der Waals surface area contributed by atoms with Crippen molar-refractivity contribution < 1.29 is 17.6 Å². The van der Waals surface area contributed by atoms with Crippen LogP contribution in [0.15, 0.2) is 77.7 Å². The van der Waals surface area contributed by atoms with E-state index >= 15 is 0 Å². The number of halogens is 1. The van der Waals surface area contributed by atoms with Crippen molar-refractivity contribution >= 4 is 27.3 Å². The van der Waals surface area contributed by atoms with Gasteiger partial charge in [-0.15, -0.1) is 0 Å². The maximum absolute atomic E-state index is 13.8. The third-order valence-electron chi connectivity index (χ3n) is 4.92. The number of benzene rings is 3. The fraction of sp³-hybridized carbons (Fsp3) is 0.136. The molecule has 1 heterocycles. The largest absolute Gasteiger partial charge is 0.319 e. The van der Waals surface area contributed by atoms with Gasteiger partial charge in [0.15, 0.2) is 0 Å². The minimum atomic E-state index is -3.86. The first kappa shape index (κ1) is 19.1. The molecule has 1 amide bonds. The van der Waals surface area contributed by atoms with Crippen molar-refractivity contribution in [3.63, 3.8) is 0 Å². The zero-order chi connectivity index (χ0) is 20.6. The van der Waals surface area contributed by atoms with Gasteiger partial charge in [0.2, 0.25) is 0 Å². The molecule has 1 unspecified atom stereocenters. The summed E-state index contributed by atoms with van der Waals surface area (Å²) in [6.07, 6.45) is 0.628. The smallest absolute Gasteiger partial charge is 0.264 e. The van der Waals surface area contributed by atoms with Crippen LogP contribution in [0.4, 0.5) is 15.8 Å². The quantitative estimate of drug-likeness (QED) is 0.700. The van der Waals surface area contributed by atoms with Gasteiger partial charge in [0, 0.05) is 11.6 Å². The lowest BCUT2D eigenvalue weighted by atomic mass is 10.1. The molecule has 0 saturated carbocycles. The van der Waals surface area contributed by atoms with Gasteiger partial charge < -0.3 is 5.32 Å². The normalized spacial score (nSPS) is 15.8. The van der Waals surface area contributed by atoms with E-state index in [9.17, 15) is 17.6 Å². The van der Waals surface area contributed by atoms with Gasteiger partial charge in [-0.1, -0.05) is 36.4 Å². The van der Waals surface area contributed by atoms with Gasteiger partial charge in [-0.25, -0.2) is 12.8 Å². The number of sulfonamides is 1. The van der Waals surface area contributed by atoms with Gasteiger partial charge in [0.1, 0.15) is 5.82 Å². The Morgan fingerprint density at radius 3 is 2.55 bits per heavy atom. The van der Waals surface area contributed by atoms with Crippen molar-refractivity contribution in [2.24, 2.45) is 0 Å². The van der Waals surface area contributed by atoms with Gasteiger partial charge in [-0.2, -0.15) is 0 Å². The Hall–Kier alpha value is -3.19. The van der Waals surface area contributed by atoms with E-state index in [1.165, 1.54) is 46.8 Å². The topological polar surface area (TPSA) is 66.5 Å².